The smallest absolute Gasteiger partial charge is 0.338 e. The number of rotatable bonds is 5. The van der Waals surface area contributed by atoms with Crippen LogP contribution >= 0.6 is 0 Å². The molecule has 4 rings (SSSR count). The van der Waals surface area contributed by atoms with E-state index < -0.39 is 0 Å². The predicted octanol–water partition coefficient (Wildman–Crippen LogP) is 3.34. The van der Waals surface area contributed by atoms with Crippen LogP contribution in [0.15, 0.2) is 36.7 Å². The standard InChI is InChI=1S/C20H20N4O2/c1-3-26-20(25)15(10-19-16(13-8-9-13)12-22-24(19)2)17-11-21-23-18-7-5-4-6-14(17)18/h4-7,10-13H,3,8-9H2,1-2H3. The molecule has 1 aliphatic carbocycles. The lowest BCUT2D eigenvalue weighted by Gasteiger charge is -2.10. The SMILES string of the molecule is CCOC(=O)C(=Cc1c(C2CC2)cnn1C)c1cnnc2ccccc12. The van der Waals surface area contributed by atoms with E-state index in [1.54, 1.807) is 13.1 Å². The van der Waals surface area contributed by atoms with Gasteiger partial charge in [0.05, 0.1) is 35.8 Å². The van der Waals surface area contributed by atoms with E-state index in [0.29, 0.717) is 18.1 Å². The molecule has 3 aromatic rings. The molecule has 0 radical (unpaired) electrons. The first-order chi connectivity index (χ1) is 12.7. The van der Waals surface area contributed by atoms with E-state index in [-0.39, 0.29) is 5.97 Å². The number of fused-ring (bicyclic) bond motifs is 1. The molecule has 2 heterocycles. The Bertz CT molecular complexity index is 997. The second kappa shape index (κ2) is 6.71. The summed E-state index contributed by atoms with van der Waals surface area (Å²) >= 11 is 0. The highest BCUT2D eigenvalue weighted by Crippen LogP contribution is 2.42. The summed E-state index contributed by atoms with van der Waals surface area (Å²) in [6.07, 6.45) is 7.73. The predicted molar refractivity (Wildman–Crippen MR) is 99.2 cm³/mol. The molecule has 132 valence electrons. The highest BCUT2D eigenvalue weighted by Gasteiger charge is 2.28. The lowest BCUT2D eigenvalue weighted by molar-refractivity contribution is -0.136. The van der Waals surface area contributed by atoms with Crippen LogP contribution in [0.25, 0.3) is 22.6 Å². The fourth-order valence-corrected chi connectivity index (χ4v) is 3.16. The molecule has 1 saturated carbocycles. The van der Waals surface area contributed by atoms with E-state index >= 15 is 0 Å². The third-order valence-corrected chi connectivity index (χ3v) is 4.64. The van der Waals surface area contributed by atoms with Crippen LogP contribution in [0.3, 0.4) is 0 Å². The normalized spacial score (nSPS) is 14.6. The van der Waals surface area contributed by atoms with E-state index in [1.165, 1.54) is 18.4 Å². The van der Waals surface area contributed by atoms with E-state index in [2.05, 4.69) is 15.3 Å². The number of carbonyl (C=O) groups is 1. The van der Waals surface area contributed by atoms with Gasteiger partial charge in [0, 0.05) is 23.6 Å². The minimum atomic E-state index is -0.367. The first kappa shape index (κ1) is 16.4. The minimum absolute atomic E-state index is 0.313. The fraction of sp³-hybridized carbons (Fsp3) is 0.300. The van der Waals surface area contributed by atoms with Gasteiger partial charge in [-0.3, -0.25) is 4.68 Å². The summed E-state index contributed by atoms with van der Waals surface area (Å²) in [6.45, 7) is 2.12. The molecule has 26 heavy (non-hydrogen) atoms. The van der Waals surface area contributed by atoms with Crippen LogP contribution in [-0.4, -0.2) is 32.6 Å². The molecule has 0 spiro atoms. The van der Waals surface area contributed by atoms with Gasteiger partial charge >= 0.3 is 5.97 Å². The van der Waals surface area contributed by atoms with Gasteiger partial charge in [0.25, 0.3) is 0 Å². The van der Waals surface area contributed by atoms with Gasteiger partial charge in [0.15, 0.2) is 0 Å². The molecule has 6 heteroatoms. The van der Waals surface area contributed by atoms with Gasteiger partial charge in [0.2, 0.25) is 0 Å². The quantitative estimate of drug-likeness (QED) is 0.522. The van der Waals surface area contributed by atoms with Crippen molar-refractivity contribution in [1.29, 1.82) is 0 Å². The zero-order valence-electron chi connectivity index (χ0n) is 14.8. The van der Waals surface area contributed by atoms with Crippen molar-refractivity contribution >= 4 is 28.5 Å². The maximum absolute atomic E-state index is 12.8. The van der Waals surface area contributed by atoms with Crippen molar-refractivity contribution in [2.75, 3.05) is 6.61 Å². The van der Waals surface area contributed by atoms with Crippen LogP contribution in [-0.2, 0) is 16.6 Å². The zero-order valence-corrected chi connectivity index (χ0v) is 14.8. The third-order valence-electron chi connectivity index (χ3n) is 4.64. The molecule has 0 atom stereocenters. The average Bonchev–Trinajstić information content (AvgIpc) is 3.43. The van der Waals surface area contributed by atoms with E-state index in [4.69, 9.17) is 4.74 Å². The fourth-order valence-electron chi connectivity index (χ4n) is 3.16. The first-order valence-electron chi connectivity index (χ1n) is 8.80. The van der Waals surface area contributed by atoms with Gasteiger partial charge in [-0.05, 0) is 37.8 Å². The van der Waals surface area contributed by atoms with Crippen molar-refractivity contribution in [1.82, 2.24) is 20.0 Å². The number of esters is 1. The summed E-state index contributed by atoms with van der Waals surface area (Å²) in [5.74, 6) is 0.166. The Balaban J connectivity index is 1.91. The number of hydrogen-bond acceptors (Lipinski definition) is 5. The van der Waals surface area contributed by atoms with Crippen LogP contribution in [0.4, 0.5) is 0 Å². The molecule has 1 fully saturated rings. The second-order valence-electron chi connectivity index (χ2n) is 6.44. The molecule has 6 nitrogen and oxygen atoms in total. The van der Waals surface area contributed by atoms with E-state index in [0.717, 1.165) is 22.2 Å². The monoisotopic (exact) mass is 348 g/mol. The highest BCUT2D eigenvalue weighted by atomic mass is 16.5. The van der Waals surface area contributed by atoms with Crippen molar-refractivity contribution in [3.05, 3.63) is 53.5 Å². The number of aryl methyl sites for hydroxylation is 1. The van der Waals surface area contributed by atoms with Gasteiger partial charge in [-0.15, -0.1) is 0 Å². The van der Waals surface area contributed by atoms with E-state index in [9.17, 15) is 4.79 Å². The Morgan fingerprint density at radius 2 is 2.12 bits per heavy atom. The van der Waals surface area contributed by atoms with Gasteiger partial charge in [-0.1, -0.05) is 18.2 Å². The molecule has 0 unspecified atom stereocenters. The molecule has 1 aromatic carbocycles. The van der Waals surface area contributed by atoms with Crippen LogP contribution in [0.2, 0.25) is 0 Å². The van der Waals surface area contributed by atoms with E-state index in [1.807, 2.05) is 48.3 Å². The molecule has 0 N–H and O–H groups in total. The van der Waals surface area contributed by atoms with Crippen molar-refractivity contribution in [3.63, 3.8) is 0 Å². The summed E-state index contributed by atoms with van der Waals surface area (Å²) in [7, 11) is 1.89. The molecular weight excluding hydrogens is 328 g/mol. The number of hydrogen-bond donors (Lipinski definition) is 0. The van der Waals surface area contributed by atoms with Crippen molar-refractivity contribution < 1.29 is 9.53 Å². The largest absolute Gasteiger partial charge is 0.462 e. The number of nitrogens with zero attached hydrogens (tertiary/aromatic N) is 4. The number of benzene rings is 1. The summed E-state index contributed by atoms with van der Waals surface area (Å²) in [5, 5.41) is 13.5. The van der Waals surface area contributed by atoms with Gasteiger partial charge in [-0.2, -0.15) is 15.3 Å². The number of ether oxygens (including phenoxy) is 1. The zero-order chi connectivity index (χ0) is 18.1. The second-order valence-corrected chi connectivity index (χ2v) is 6.44. The molecular formula is C20H20N4O2. The maximum atomic E-state index is 12.8. The Morgan fingerprint density at radius 1 is 1.31 bits per heavy atom. The Hall–Kier alpha value is -3.02. The molecule has 2 aromatic heterocycles. The minimum Gasteiger partial charge on any atom is -0.462 e. The summed E-state index contributed by atoms with van der Waals surface area (Å²) < 4.78 is 7.14. The van der Waals surface area contributed by atoms with Crippen molar-refractivity contribution in [3.8, 4) is 0 Å². The third kappa shape index (κ3) is 2.98. The maximum Gasteiger partial charge on any atom is 0.338 e. The Labute approximate surface area is 151 Å². The van der Waals surface area contributed by atoms with Crippen LogP contribution in [0, 0.1) is 0 Å². The highest BCUT2D eigenvalue weighted by molar-refractivity contribution is 6.24. The van der Waals surface area contributed by atoms with Crippen LogP contribution in [0.1, 0.15) is 42.5 Å². The molecule has 1 aliphatic rings. The summed E-state index contributed by atoms with van der Waals surface area (Å²) in [6, 6.07) is 7.66. The van der Waals surface area contributed by atoms with Crippen molar-refractivity contribution in [2.45, 2.75) is 25.7 Å². The lowest BCUT2D eigenvalue weighted by atomic mass is 10.0. The molecule has 0 amide bonds. The number of aromatic nitrogens is 4. The van der Waals surface area contributed by atoms with Crippen molar-refractivity contribution in [2.24, 2.45) is 7.05 Å². The Morgan fingerprint density at radius 3 is 2.88 bits per heavy atom. The van der Waals surface area contributed by atoms with Gasteiger partial charge < -0.3 is 4.74 Å². The lowest BCUT2D eigenvalue weighted by Crippen LogP contribution is -2.09. The van der Waals surface area contributed by atoms with Crippen LogP contribution in [0.5, 0.6) is 0 Å². The molecule has 0 bridgehead atoms. The first-order valence-corrected chi connectivity index (χ1v) is 8.80. The average molecular weight is 348 g/mol. The topological polar surface area (TPSA) is 69.9 Å². The van der Waals surface area contributed by atoms with Crippen LogP contribution < -0.4 is 0 Å². The van der Waals surface area contributed by atoms with Gasteiger partial charge in [0.1, 0.15) is 0 Å². The number of carbonyl (C=O) groups excluding carboxylic acids is 1. The molecule has 0 saturated heterocycles. The summed E-state index contributed by atoms with van der Waals surface area (Å²) in [5.41, 5.74) is 4.06. The Kier molecular flexibility index (Phi) is 4.24. The van der Waals surface area contributed by atoms with Gasteiger partial charge in [-0.25, -0.2) is 4.79 Å². The summed E-state index contributed by atoms with van der Waals surface area (Å²) in [4.78, 5) is 12.8. The molecule has 0 aliphatic heterocycles.